The minimum absolute atomic E-state index is 0.0293. The molecule has 6 nitrogen and oxygen atoms in total. The molecular formula is C21H17N5O. The van der Waals surface area contributed by atoms with Crippen molar-refractivity contribution in [2.75, 3.05) is 0 Å². The quantitative estimate of drug-likeness (QED) is 0.563. The number of pyridine rings is 2. The number of nitriles is 1. The SMILES string of the molecule is N#CCc1c(Cn2c(=O)n(C3CC3)c3ccncc32)ncc2ccccc12. The fraction of sp³-hybridized carbons (Fsp3) is 0.238. The van der Waals surface area contributed by atoms with E-state index < -0.39 is 0 Å². The summed E-state index contributed by atoms with van der Waals surface area (Å²) in [5, 5.41) is 11.3. The summed E-state index contributed by atoms with van der Waals surface area (Å²) in [4.78, 5) is 21.9. The Hall–Kier alpha value is -3.46. The van der Waals surface area contributed by atoms with Gasteiger partial charge in [0.1, 0.15) is 0 Å². The highest BCUT2D eigenvalue weighted by Gasteiger charge is 2.29. The molecule has 0 N–H and O–H groups in total. The van der Waals surface area contributed by atoms with Gasteiger partial charge in [-0.3, -0.25) is 19.1 Å². The van der Waals surface area contributed by atoms with Gasteiger partial charge in [-0.1, -0.05) is 24.3 Å². The second kappa shape index (κ2) is 6.06. The van der Waals surface area contributed by atoms with Crippen LogP contribution in [0.4, 0.5) is 0 Å². The first-order chi connectivity index (χ1) is 13.3. The lowest BCUT2D eigenvalue weighted by atomic mass is 10.0. The Morgan fingerprint density at radius 2 is 2.00 bits per heavy atom. The van der Waals surface area contributed by atoms with Gasteiger partial charge in [-0.2, -0.15) is 5.26 Å². The molecular weight excluding hydrogens is 338 g/mol. The number of hydrogen-bond acceptors (Lipinski definition) is 4. The summed E-state index contributed by atoms with van der Waals surface area (Å²) >= 11 is 0. The number of benzene rings is 1. The van der Waals surface area contributed by atoms with E-state index in [4.69, 9.17) is 0 Å². The van der Waals surface area contributed by atoms with Crippen molar-refractivity contribution in [3.05, 3.63) is 70.7 Å². The van der Waals surface area contributed by atoms with Crippen molar-refractivity contribution in [3.63, 3.8) is 0 Å². The molecule has 4 aromatic rings. The van der Waals surface area contributed by atoms with Crippen molar-refractivity contribution in [3.8, 4) is 6.07 Å². The highest BCUT2D eigenvalue weighted by molar-refractivity contribution is 5.86. The Labute approximate surface area is 155 Å². The molecule has 0 saturated heterocycles. The summed E-state index contributed by atoms with van der Waals surface area (Å²) in [5.41, 5.74) is 3.35. The second-order valence-corrected chi connectivity index (χ2v) is 6.94. The van der Waals surface area contributed by atoms with Crippen LogP contribution in [-0.2, 0) is 13.0 Å². The standard InChI is InChI=1S/C21H17N5O/c22-9-7-17-16-4-2-1-3-14(16)11-24-18(17)13-25-20-12-23-10-8-19(20)26(21(25)27)15-5-6-15/h1-4,8,10-12,15H,5-7,13H2. The zero-order valence-electron chi connectivity index (χ0n) is 14.7. The summed E-state index contributed by atoms with van der Waals surface area (Å²) < 4.78 is 3.61. The van der Waals surface area contributed by atoms with Crippen molar-refractivity contribution < 1.29 is 0 Å². The van der Waals surface area contributed by atoms with Crippen LogP contribution in [0, 0.1) is 11.3 Å². The molecule has 3 aromatic heterocycles. The van der Waals surface area contributed by atoms with E-state index in [2.05, 4.69) is 16.0 Å². The van der Waals surface area contributed by atoms with Gasteiger partial charge in [-0.05, 0) is 29.9 Å². The lowest BCUT2D eigenvalue weighted by molar-refractivity contribution is 0.664. The zero-order valence-corrected chi connectivity index (χ0v) is 14.7. The minimum Gasteiger partial charge on any atom is -0.289 e. The number of nitrogens with zero attached hydrogens (tertiary/aromatic N) is 5. The second-order valence-electron chi connectivity index (χ2n) is 6.94. The van der Waals surface area contributed by atoms with Crippen molar-refractivity contribution in [2.24, 2.45) is 0 Å². The Kier molecular flexibility index (Phi) is 3.54. The van der Waals surface area contributed by atoms with E-state index in [0.29, 0.717) is 6.54 Å². The first-order valence-corrected chi connectivity index (χ1v) is 9.05. The first kappa shape index (κ1) is 15.8. The van der Waals surface area contributed by atoms with Crippen LogP contribution >= 0.6 is 0 Å². The molecule has 1 aromatic carbocycles. The molecule has 1 aliphatic rings. The van der Waals surface area contributed by atoms with Crippen LogP contribution in [0.25, 0.3) is 21.8 Å². The predicted molar refractivity (Wildman–Crippen MR) is 102 cm³/mol. The summed E-state index contributed by atoms with van der Waals surface area (Å²) in [6, 6.07) is 12.3. The van der Waals surface area contributed by atoms with Gasteiger partial charge in [0.25, 0.3) is 0 Å². The smallest absolute Gasteiger partial charge is 0.289 e. The molecule has 0 amide bonds. The molecule has 6 heteroatoms. The van der Waals surface area contributed by atoms with Gasteiger partial charge < -0.3 is 0 Å². The fourth-order valence-corrected chi connectivity index (χ4v) is 3.79. The fourth-order valence-electron chi connectivity index (χ4n) is 3.79. The van der Waals surface area contributed by atoms with Crippen LogP contribution in [0.2, 0.25) is 0 Å². The lowest BCUT2D eigenvalue weighted by Crippen LogP contribution is -2.25. The topological polar surface area (TPSA) is 76.5 Å². The largest absolute Gasteiger partial charge is 0.329 e. The average Bonchev–Trinajstić information content (AvgIpc) is 3.49. The molecule has 0 bridgehead atoms. The van der Waals surface area contributed by atoms with Crippen molar-refractivity contribution >= 4 is 21.8 Å². The number of hydrogen-bond donors (Lipinski definition) is 0. The molecule has 0 atom stereocenters. The van der Waals surface area contributed by atoms with Gasteiger partial charge in [0.2, 0.25) is 0 Å². The van der Waals surface area contributed by atoms with Crippen LogP contribution in [0.15, 0.2) is 53.7 Å². The maximum absolute atomic E-state index is 13.1. The van der Waals surface area contributed by atoms with Crippen LogP contribution < -0.4 is 5.69 Å². The molecule has 0 radical (unpaired) electrons. The number of aromatic nitrogens is 4. The summed E-state index contributed by atoms with van der Waals surface area (Å²) in [5.74, 6) is 0. The predicted octanol–water partition coefficient (Wildman–Crippen LogP) is 3.20. The molecule has 0 spiro atoms. The third-order valence-corrected chi connectivity index (χ3v) is 5.23. The summed E-state index contributed by atoms with van der Waals surface area (Å²) in [6.07, 6.45) is 7.61. The minimum atomic E-state index is -0.0293. The molecule has 3 heterocycles. The van der Waals surface area contributed by atoms with Crippen molar-refractivity contribution in [1.29, 1.82) is 5.26 Å². The third kappa shape index (κ3) is 2.51. The molecule has 1 fully saturated rings. The van der Waals surface area contributed by atoms with E-state index in [1.165, 1.54) is 0 Å². The highest BCUT2D eigenvalue weighted by atomic mass is 16.1. The van der Waals surface area contributed by atoms with Crippen molar-refractivity contribution in [1.82, 2.24) is 19.1 Å². The maximum atomic E-state index is 13.1. The van der Waals surface area contributed by atoms with E-state index in [0.717, 1.165) is 45.9 Å². The third-order valence-electron chi connectivity index (χ3n) is 5.23. The zero-order chi connectivity index (χ0) is 18.4. The van der Waals surface area contributed by atoms with Crippen molar-refractivity contribution in [2.45, 2.75) is 31.8 Å². The van der Waals surface area contributed by atoms with E-state index in [1.54, 1.807) is 17.0 Å². The van der Waals surface area contributed by atoms with Crippen LogP contribution in [-0.4, -0.2) is 19.1 Å². The van der Waals surface area contributed by atoms with Gasteiger partial charge >= 0.3 is 5.69 Å². The Bertz CT molecular complexity index is 1270. The van der Waals surface area contributed by atoms with E-state index in [1.807, 2.05) is 41.1 Å². The summed E-state index contributed by atoms with van der Waals surface area (Å²) in [7, 11) is 0. The van der Waals surface area contributed by atoms with Crippen LogP contribution in [0.3, 0.4) is 0 Å². The number of imidazole rings is 1. The molecule has 132 valence electrons. The van der Waals surface area contributed by atoms with Crippen LogP contribution in [0.5, 0.6) is 0 Å². The van der Waals surface area contributed by atoms with E-state index in [9.17, 15) is 10.1 Å². The number of fused-ring (bicyclic) bond motifs is 2. The lowest BCUT2D eigenvalue weighted by Gasteiger charge is -2.10. The van der Waals surface area contributed by atoms with Crippen LogP contribution in [0.1, 0.15) is 30.1 Å². The number of rotatable bonds is 4. The molecule has 27 heavy (non-hydrogen) atoms. The molecule has 0 aliphatic heterocycles. The molecule has 0 unspecified atom stereocenters. The summed E-state index contributed by atoms with van der Waals surface area (Å²) in [6.45, 7) is 0.336. The Morgan fingerprint density at radius 3 is 2.81 bits per heavy atom. The van der Waals surface area contributed by atoms with Gasteiger partial charge in [0, 0.05) is 23.8 Å². The van der Waals surface area contributed by atoms with Gasteiger partial charge in [0.05, 0.1) is 42.0 Å². The van der Waals surface area contributed by atoms with E-state index >= 15 is 0 Å². The van der Waals surface area contributed by atoms with Gasteiger partial charge in [0.15, 0.2) is 0 Å². The normalized spacial score (nSPS) is 13.9. The Morgan fingerprint density at radius 1 is 1.15 bits per heavy atom. The average molecular weight is 355 g/mol. The van der Waals surface area contributed by atoms with Gasteiger partial charge in [-0.15, -0.1) is 0 Å². The Balaban J connectivity index is 1.71. The van der Waals surface area contributed by atoms with Gasteiger partial charge in [-0.25, -0.2) is 4.79 Å². The first-order valence-electron chi connectivity index (χ1n) is 9.05. The maximum Gasteiger partial charge on any atom is 0.329 e. The molecule has 1 aliphatic carbocycles. The monoisotopic (exact) mass is 355 g/mol. The molecule has 5 rings (SSSR count). The highest BCUT2D eigenvalue weighted by Crippen LogP contribution is 2.36. The van der Waals surface area contributed by atoms with E-state index in [-0.39, 0.29) is 18.2 Å². The molecule has 1 saturated carbocycles.